The highest BCUT2D eigenvalue weighted by atomic mass is 16.5. The second-order valence-electron chi connectivity index (χ2n) is 4.87. The SMILES string of the molecule is CC(C)NCc1c(OCCO)ccc2ccccc12. The summed E-state index contributed by atoms with van der Waals surface area (Å²) in [4.78, 5) is 0. The summed E-state index contributed by atoms with van der Waals surface area (Å²) in [6, 6.07) is 12.7. The van der Waals surface area contributed by atoms with E-state index in [1.54, 1.807) is 0 Å². The average molecular weight is 259 g/mol. The van der Waals surface area contributed by atoms with E-state index in [0.717, 1.165) is 17.9 Å². The maximum absolute atomic E-state index is 8.91. The maximum atomic E-state index is 8.91. The predicted octanol–water partition coefficient (Wildman–Crippen LogP) is 2.71. The van der Waals surface area contributed by atoms with Gasteiger partial charge in [-0.2, -0.15) is 0 Å². The quantitative estimate of drug-likeness (QED) is 0.838. The average Bonchev–Trinajstić information content (AvgIpc) is 2.42. The first kappa shape index (κ1) is 13.8. The third-order valence-electron chi connectivity index (χ3n) is 3.03. The summed E-state index contributed by atoms with van der Waals surface area (Å²) in [5.41, 5.74) is 1.15. The Morgan fingerprint density at radius 1 is 1.16 bits per heavy atom. The summed E-state index contributed by atoms with van der Waals surface area (Å²) in [7, 11) is 0. The van der Waals surface area contributed by atoms with Crippen molar-refractivity contribution in [3.05, 3.63) is 42.0 Å². The Balaban J connectivity index is 2.39. The number of aliphatic hydroxyl groups excluding tert-OH is 1. The molecule has 2 rings (SSSR count). The van der Waals surface area contributed by atoms with E-state index in [0.29, 0.717) is 12.6 Å². The molecule has 0 aromatic heterocycles. The fraction of sp³-hybridized carbons (Fsp3) is 0.375. The van der Waals surface area contributed by atoms with Crippen molar-refractivity contribution in [3.8, 4) is 5.75 Å². The van der Waals surface area contributed by atoms with E-state index in [1.165, 1.54) is 10.8 Å². The van der Waals surface area contributed by atoms with Gasteiger partial charge in [-0.05, 0) is 16.8 Å². The molecule has 3 heteroatoms. The highest BCUT2D eigenvalue weighted by Crippen LogP contribution is 2.28. The van der Waals surface area contributed by atoms with Gasteiger partial charge >= 0.3 is 0 Å². The molecule has 0 radical (unpaired) electrons. The van der Waals surface area contributed by atoms with Crippen molar-refractivity contribution in [2.75, 3.05) is 13.2 Å². The van der Waals surface area contributed by atoms with Crippen LogP contribution in [-0.2, 0) is 6.54 Å². The summed E-state index contributed by atoms with van der Waals surface area (Å²) < 4.78 is 5.64. The van der Waals surface area contributed by atoms with Crippen LogP contribution in [0.25, 0.3) is 10.8 Å². The molecule has 2 aromatic rings. The molecule has 0 heterocycles. The van der Waals surface area contributed by atoms with Crippen LogP contribution in [0.15, 0.2) is 36.4 Å². The Kier molecular flexibility index (Phi) is 4.77. The Bertz CT molecular complexity index is 537. The van der Waals surface area contributed by atoms with Crippen LogP contribution in [0.5, 0.6) is 5.75 Å². The highest BCUT2D eigenvalue weighted by molar-refractivity contribution is 5.87. The van der Waals surface area contributed by atoms with Gasteiger partial charge in [0.15, 0.2) is 0 Å². The van der Waals surface area contributed by atoms with Gasteiger partial charge in [-0.3, -0.25) is 0 Å². The number of fused-ring (bicyclic) bond motifs is 1. The van der Waals surface area contributed by atoms with Crippen LogP contribution in [0, 0.1) is 0 Å². The first-order valence-electron chi connectivity index (χ1n) is 6.70. The maximum Gasteiger partial charge on any atom is 0.124 e. The smallest absolute Gasteiger partial charge is 0.124 e. The largest absolute Gasteiger partial charge is 0.491 e. The van der Waals surface area contributed by atoms with E-state index in [9.17, 15) is 0 Å². The normalized spacial score (nSPS) is 11.2. The summed E-state index contributed by atoms with van der Waals surface area (Å²) in [6.07, 6.45) is 0. The zero-order chi connectivity index (χ0) is 13.7. The van der Waals surface area contributed by atoms with Gasteiger partial charge in [0.1, 0.15) is 12.4 Å². The third kappa shape index (κ3) is 3.46. The van der Waals surface area contributed by atoms with Gasteiger partial charge in [-0.25, -0.2) is 0 Å². The fourth-order valence-electron chi connectivity index (χ4n) is 2.10. The predicted molar refractivity (Wildman–Crippen MR) is 78.5 cm³/mol. The Hall–Kier alpha value is -1.58. The topological polar surface area (TPSA) is 41.5 Å². The summed E-state index contributed by atoms with van der Waals surface area (Å²) >= 11 is 0. The number of ether oxygens (including phenoxy) is 1. The summed E-state index contributed by atoms with van der Waals surface area (Å²) in [5, 5.41) is 14.7. The standard InChI is InChI=1S/C16H21NO2/c1-12(2)17-11-15-14-6-4-3-5-13(14)7-8-16(15)19-10-9-18/h3-8,12,17-18H,9-11H2,1-2H3. The molecule has 0 bridgehead atoms. The lowest BCUT2D eigenvalue weighted by molar-refractivity contribution is 0.200. The van der Waals surface area contributed by atoms with E-state index in [2.05, 4.69) is 37.4 Å². The van der Waals surface area contributed by atoms with Crippen LogP contribution >= 0.6 is 0 Å². The molecule has 0 aliphatic carbocycles. The van der Waals surface area contributed by atoms with Crippen molar-refractivity contribution in [3.63, 3.8) is 0 Å². The number of benzene rings is 2. The van der Waals surface area contributed by atoms with Gasteiger partial charge in [0, 0.05) is 18.2 Å². The van der Waals surface area contributed by atoms with Crippen LogP contribution in [0.1, 0.15) is 19.4 Å². The molecule has 3 nitrogen and oxygen atoms in total. The highest BCUT2D eigenvalue weighted by Gasteiger charge is 2.09. The molecule has 0 atom stereocenters. The molecule has 0 saturated carbocycles. The van der Waals surface area contributed by atoms with Crippen molar-refractivity contribution in [1.82, 2.24) is 5.32 Å². The summed E-state index contributed by atoms with van der Waals surface area (Å²) in [5.74, 6) is 0.848. The molecule has 2 N–H and O–H groups in total. The van der Waals surface area contributed by atoms with Crippen LogP contribution in [0.3, 0.4) is 0 Å². The fourth-order valence-corrected chi connectivity index (χ4v) is 2.10. The molecular formula is C16H21NO2. The van der Waals surface area contributed by atoms with Crippen LogP contribution in [0.2, 0.25) is 0 Å². The molecule has 0 aliphatic rings. The minimum Gasteiger partial charge on any atom is -0.491 e. The van der Waals surface area contributed by atoms with Crippen molar-refractivity contribution in [2.45, 2.75) is 26.4 Å². The van der Waals surface area contributed by atoms with E-state index < -0.39 is 0 Å². The number of hydrogen-bond donors (Lipinski definition) is 2. The van der Waals surface area contributed by atoms with E-state index in [4.69, 9.17) is 9.84 Å². The van der Waals surface area contributed by atoms with Crippen LogP contribution < -0.4 is 10.1 Å². The van der Waals surface area contributed by atoms with Gasteiger partial charge in [0.2, 0.25) is 0 Å². The number of nitrogens with one attached hydrogen (secondary N) is 1. The van der Waals surface area contributed by atoms with Gasteiger partial charge in [0.05, 0.1) is 6.61 Å². The number of rotatable bonds is 6. The molecule has 0 amide bonds. The van der Waals surface area contributed by atoms with Crippen LogP contribution in [-0.4, -0.2) is 24.4 Å². The zero-order valence-corrected chi connectivity index (χ0v) is 11.5. The molecule has 0 unspecified atom stereocenters. The zero-order valence-electron chi connectivity index (χ0n) is 11.5. The first-order valence-corrected chi connectivity index (χ1v) is 6.70. The third-order valence-corrected chi connectivity index (χ3v) is 3.03. The lowest BCUT2D eigenvalue weighted by Gasteiger charge is -2.16. The first-order chi connectivity index (χ1) is 9.22. The van der Waals surface area contributed by atoms with Crippen molar-refractivity contribution in [2.24, 2.45) is 0 Å². The van der Waals surface area contributed by atoms with Crippen molar-refractivity contribution in [1.29, 1.82) is 0 Å². The number of aliphatic hydroxyl groups is 1. The van der Waals surface area contributed by atoms with Gasteiger partial charge in [-0.15, -0.1) is 0 Å². The van der Waals surface area contributed by atoms with Crippen LogP contribution in [0.4, 0.5) is 0 Å². The van der Waals surface area contributed by atoms with Gasteiger partial charge in [0.25, 0.3) is 0 Å². The molecule has 102 valence electrons. The van der Waals surface area contributed by atoms with E-state index >= 15 is 0 Å². The molecular weight excluding hydrogens is 238 g/mol. The second-order valence-corrected chi connectivity index (χ2v) is 4.87. The molecule has 0 aliphatic heterocycles. The van der Waals surface area contributed by atoms with Gasteiger partial charge < -0.3 is 15.2 Å². The number of hydrogen-bond acceptors (Lipinski definition) is 3. The minimum atomic E-state index is 0.0316. The van der Waals surface area contributed by atoms with E-state index in [-0.39, 0.29) is 6.61 Å². The molecule has 0 fully saturated rings. The Labute approximate surface area is 114 Å². The molecule has 0 saturated heterocycles. The minimum absolute atomic E-state index is 0.0316. The second kappa shape index (κ2) is 6.55. The Morgan fingerprint density at radius 2 is 1.95 bits per heavy atom. The van der Waals surface area contributed by atoms with Gasteiger partial charge in [-0.1, -0.05) is 44.2 Å². The lowest BCUT2D eigenvalue weighted by atomic mass is 10.0. The molecule has 2 aromatic carbocycles. The lowest BCUT2D eigenvalue weighted by Crippen LogP contribution is -2.22. The Morgan fingerprint density at radius 3 is 2.68 bits per heavy atom. The van der Waals surface area contributed by atoms with E-state index in [1.807, 2.05) is 18.2 Å². The monoisotopic (exact) mass is 259 g/mol. The van der Waals surface area contributed by atoms with Crippen molar-refractivity contribution >= 4 is 10.8 Å². The molecule has 0 spiro atoms. The summed E-state index contributed by atoms with van der Waals surface area (Å²) in [6.45, 7) is 5.37. The molecule has 19 heavy (non-hydrogen) atoms. The van der Waals surface area contributed by atoms with Crippen molar-refractivity contribution < 1.29 is 9.84 Å².